The second kappa shape index (κ2) is 8.67. The third-order valence-electron chi connectivity index (χ3n) is 4.72. The van der Waals surface area contributed by atoms with Crippen LogP contribution in [0.4, 0.5) is 24.8 Å². The topological polar surface area (TPSA) is 66.9 Å². The van der Waals surface area contributed by atoms with E-state index in [-0.39, 0.29) is 25.8 Å². The molecule has 0 saturated heterocycles. The highest BCUT2D eigenvalue weighted by atomic mass is 35.5. The molecule has 1 aliphatic heterocycles. The maximum atomic E-state index is 13.6. The molecular formula is C19H15Cl2F3N4OS2. The molecule has 0 radical (unpaired) electrons. The Hall–Kier alpha value is -1.72. The minimum Gasteiger partial charge on any atom is -0.323 e. The summed E-state index contributed by atoms with van der Waals surface area (Å²) < 4.78 is 52.7. The molecule has 1 atom stereocenters. The predicted octanol–water partition coefficient (Wildman–Crippen LogP) is 5.66. The molecule has 4 rings (SSSR count). The Bertz CT molecular complexity index is 1180. The lowest BCUT2D eigenvalue weighted by Crippen LogP contribution is -2.23. The van der Waals surface area contributed by atoms with Gasteiger partial charge in [0.25, 0.3) is 0 Å². The van der Waals surface area contributed by atoms with Gasteiger partial charge < -0.3 is 10.6 Å². The zero-order valence-electron chi connectivity index (χ0n) is 15.9. The fourth-order valence-corrected chi connectivity index (χ4v) is 5.93. The SMILES string of the molecule is CS(=O)c1cc(-c2nc(Nc3cc4c(cc3Cl)CNCC4)ncc2C(F)(F)F)sc1Cl. The van der Waals surface area contributed by atoms with E-state index in [0.717, 1.165) is 41.6 Å². The molecule has 1 aliphatic rings. The average Bonchev–Trinajstić information content (AvgIpc) is 3.09. The largest absolute Gasteiger partial charge is 0.420 e. The highest BCUT2D eigenvalue weighted by Gasteiger charge is 2.36. The van der Waals surface area contributed by atoms with Crippen LogP contribution in [0.1, 0.15) is 16.7 Å². The molecule has 3 heterocycles. The Morgan fingerprint density at radius 3 is 2.68 bits per heavy atom. The lowest BCUT2D eigenvalue weighted by Gasteiger charge is -2.19. The van der Waals surface area contributed by atoms with Crippen LogP contribution in [0.2, 0.25) is 9.36 Å². The normalized spacial score (nSPS) is 14.9. The zero-order valence-corrected chi connectivity index (χ0v) is 19.1. The molecule has 0 amide bonds. The summed E-state index contributed by atoms with van der Waals surface area (Å²) in [6.07, 6.45) is -1.74. The maximum absolute atomic E-state index is 13.6. The summed E-state index contributed by atoms with van der Waals surface area (Å²) in [6.45, 7) is 1.53. The third-order valence-corrected chi connectivity index (χ3v) is 7.58. The van der Waals surface area contributed by atoms with E-state index in [4.69, 9.17) is 23.2 Å². The summed E-state index contributed by atoms with van der Waals surface area (Å²) in [7, 11) is -1.45. The van der Waals surface area contributed by atoms with Crippen molar-refractivity contribution in [2.75, 3.05) is 18.1 Å². The molecule has 1 unspecified atom stereocenters. The van der Waals surface area contributed by atoms with Crippen molar-refractivity contribution < 1.29 is 17.4 Å². The Labute approximate surface area is 192 Å². The number of nitrogens with one attached hydrogen (secondary N) is 2. The third kappa shape index (κ3) is 4.73. The second-order valence-corrected chi connectivity index (χ2v) is 10.2. The first-order valence-electron chi connectivity index (χ1n) is 9.00. The van der Waals surface area contributed by atoms with E-state index in [0.29, 0.717) is 17.3 Å². The average molecular weight is 507 g/mol. The molecule has 0 saturated carbocycles. The Balaban J connectivity index is 1.76. The van der Waals surface area contributed by atoms with E-state index in [9.17, 15) is 17.4 Å². The molecule has 0 bridgehead atoms. The summed E-state index contributed by atoms with van der Waals surface area (Å²) in [5.74, 6) is -0.0394. The van der Waals surface area contributed by atoms with Gasteiger partial charge in [-0.3, -0.25) is 4.21 Å². The van der Waals surface area contributed by atoms with E-state index in [1.54, 1.807) is 0 Å². The van der Waals surface area contributed by atoms with Crippen molar-refractivity contribution in [2.45, 2.75) is 24.0 Å². The molecule has 5 nitrogen and oxygen atoms in total. The van der Waals surface area contributed by atoms with Crippen molar-refractivity contribution >= 4 is 57.0 Å². The second-order valence-electron chi connectivity index (χ2n) is 6.81. The van der Waals surface area contributed by atoms with E-state index in [2.05, 4.69) is 20.6 Å². The Kier molecular flexibility index (Phi) is 6.28. The number of hydrogen-bond donors (Lipinski definition) is 2. The van der Waals surface area contributed by atoms with Crippen LogP contribution in [-0.4, -0.2) is 27.0 Å². The van der Waals surface area contributed by atoms with Crippen molar-refractivity contribution in [3.05, 3.63) is 50.4 Å². The summed E-state index contributed by atoms with van der Waals surface area (Å²) in [6, 6.07) is 5.04. The summed E-state index contributed by atoms with van der Waals surface area (Å²) >= 11 is 13.3. The number of hydrogen-bond acceptors (Lipinski definition) is 6. The highest BCUT2D eigenvalue weighted by molar-refractivity contribution is 7.84. The molecule has 0 spiro atoms. The van der Waals surface area contributed by atoms with Gasteiger partial charge in [-0.25, -0.2) is 9.97 Å². The van der Waals surface area contributed by atoms with Gasteiger partial charge in [0.15, 0.2) is 0 Å². The van der Waals surface area contributed by atoms with Crippen molar-refractivity contribution in [1.29, 1.82) is 0 Å². The molecule has 3 aromatic rings. The van der Waals surface area contributed by atoms with E-state index < -0.39 is 22.5 Å². The lowest BCUT2D eigenvalue weighted by molar-refractivity contribution is -0.137. The van der Waals surface area contributed by atoms with Crippen LogP contribution >= 0.6 is 34.5 Å². The van der Waals surface area contributed by atoms with Crippen molar-refractivity contribution in [1.82, 2.24) is 15.3 Å². The van der Waals surface area contributed by atoms with Gasteiger partial charge in [0.05, 0.1) is 37.0 Å². The van der Waals surface area contributed by atoms with Gasteiger partial charge in [-0.05, 0) is 42.3 Å². The van der Waals surface area contributed by atoms with Crippen LogP contribution in [0.3, 0.4) is 0 Å². The number of nitrogens with zero attached hydrogens (tertiary/aromatic N) is 2. The van der Waals surface area contributed by atoms with Gasteiger partial charge in [-0.15, -0.1) is 11.3 Å². The van der Waals surface area contributed by atoms with E-state index in [1.807, 2.05) is 12.1 Å². The van der Waals surface area contributed by atoms with Gasteiger partial charge in [0.2, 0.25) is 5.95 Å². The van der Waals surface area contributed by atoms with Gasteiger partial charge in [0.1, 0.15) is 9.90 Å². The lowest BCUT2D eigenvalue weighted by atomic mass is 10.0. The van der Waals surface area contributed by atoms with Crippen LogP contribution in [-0.2, 0) is 29.9 Å². The zero-order chi connectivity index (χ0) is 22.3. The molecule has 2 aromatic heterocycles. The Morgan fingerprint density at radius 2 is 2.00 bits per heavy atom. The first kappa shape index (κ1) is 22.5. The van der Waals surface area contributed by atoms with Crippen LogP contribution < -0.4 is 10.6 Å². The van der Waals surface area contributed by atoms with Gasteiger partial charge >= 0.3 is 6.18 Å². The first-order valence-corrected chi connectivity index (χ1v) is 12.1. The molecule has 12 heteroatoms. The molecule has 31 heavy (non-hydrogen) atoms. The molecule has 0 fully saturated rings. The predicted molar refractivity (Wildman–Crippen MR) is 118 cm³/mol. The minimum absolute atomic E-state index is 0.0394. The fraction of sp³-hybridized carbons (Fsp3) is 0.263. The van der Waals surface area contributed by atoms with Crippen LogP contribution in [0.25, 0.3) is 10.6 Å². The molecule has 2 N–H and O–H groups in total. The number of fused-ring (bicyclic) bond motifs is 1. The quantitative estimate of drug-likeness (QED) is 0.478. The number of anilines is 2. The number of benzene rings is 1. The minimum atomic E-state index is -4.67. The standard InChI is InChI=1S/C19H15Cl2F3N4OS2/c1-31(29)15-6-14(30-17(15)21)16-11(19(22,23)24)8-26-18(28-16)27-13-5-9-2-3-25-7-10(9)4-12(13)20/h4-6,8,25H,2-3,7H2,1H3,(H,26,27,28). The Morgan fingerprint density at radius 1 is 1.23 bits per heavy atom. The molecule has 0 aliphatic carbocycles. The van der Waals surface area contributed by atoms with Gasteiger partial charge in [-0.2, -0.15) is 13.2 Å². The fourth-order valence-electron chi connectivity index (χ4n) is 3.22. The van der Waals surface area contributed by atoms with Crippen LogP contribution in [0.15, 0.2) is 29.3 Å². The number of alkyl halides is 3. The highest BCUT2D eigenvalue weighted by Crippen LogP contribution is 2.42. The first-order chi connectivity index (χ1) is 14.6. The number of halogens is 5. The maximum Gasteiger partial charge on any atom is 0.420 e. The van der Waals surface area contributed by atoms with Crippen LogP contribution in [0.5, 0.6) is 0 Å². The van der Waals surface area contributed by atoms with Gasteiger partial charge in [-0.1, -0.05) is 23.2 Å². The molecule has 164 valence electrons. The van der Waals surface area contributed by atoms with E-state index in [1.165, 1.54) is 12.3 Å². The molecule has 1 aromatic carbocycles. The summed E-state index contributed by atoms with van der Waals surface area (Å²) in [5.41, 5.74) is 1.33. The smallest absolute Gasteiger partial charge is 0.323 e. The van der Waals surface area contributed by atoms with Crippen molar-refractivity contribution in [3.8, 4) is 10.6 Å². The van der Waals surface area contributed by atoms with Crippen molar-refractivity contribution in [2.24, 2.45) is 0 Å². The van der Waals surface area contributed by atoms with Crippen LogP contribution in [0, 0.1) is 0 Å². The summed E-state index contributed by atoms with van der Waals surface area (Å²) in [4.78, 5) is 8.36. The number of thiophene rings is 1. The number of aromatic nitrogens is 2. The van der Waals surface area contributed by atoms with E-state index >= 15 is 0 Å². The van der Waals surface area contributed by atoms with Gasteiger partial charge in [0, 0.05) is 19.0 Å². The summed E-state index contributed by atoms with van der Waals surface area (Å²) in [5, 5.41) is 6.59. The number of rotatable bonds is 4. The van der Waals surface area contributed by atoms with Crippen molar-refractivity contribution in [3.63, 3.8) is 0 Å². The molecular weight excluding hydrogens is 492 g/mol. The monoisotopic (exact) mass is 506 g/mol.